The second-order valence-corrected chi connectivity index (χ2v) is 23.9. The minimum absolute atomic E-state index is 0.106. The van der Waals surface area contributed by atoms with E-state index in [2.05, 4.69) is 27.7 Å². The number of phosphoric ester groups is 2. The van der Waals surface area contributed by atoms with Crippen molar-refractivity contribution in [1.82, 2.24) is 0 Å². The Bertz CT molecular complexity index is 1500. The van der Waals surface area contributed by atoms with E-state index in [-0.39, 0.29) is 25.7 Å². The van der Waals surface area contributed by atoms with Crippen LogP contribution >= 0.6 is 15.6 Å². The van der Waals surface area contributed by atoms with Crippen molar-refractivity contribution in [3.05, 3.63) is 0 Å². The lowest BCUT2D eigenvalue weighted by Gasteiger charge is -2.21. The number of rotatable bonds is 59. The Labute approximate surface area is 467 Å². The number of carbonyl (C=O) groups excluding carboxylic acids is 4. The van der Waals surface area contributed by atoms with E-state index in [1.165, 1.54) is 116 Å². The lowest BCUT2D eigenvalue weighted by Crippen LogP contribution is -2.30. The van der Waals surface area contributed by atoms with Crippen LogP contribution in [0.15, 0.2) is 0 Å². The van der Waals surface area contributed by atoms with Gasteiger partial charge in [-0.1, -0.05) is 240 Å². The number of aliphatic hydroxyl groups is 1. The molecule has 0 aliphatic heterocycles. The Morgan fingerprint density at radius 1 is 0.312 bits per heavy atom. The van der Waals surface area contributed by atoms with Crippen LogP contribution in [0.25, 0.3) is 0 Å². The summed E-state index contributed by atoms with van der Waals surface area (Å²) in [6.45, 7) is 4.74. The van der Waals surface area contributed by atoms with Crippen LogP contribution in [-0.4, -0.2) is 96.7 Å². The summed E-state index contributed by atoms with van der Waals surface area (Å²) >= 11 is 0. The first kappa shape index (κ1) is 75.1. The van der Waals surface area contributed by atoms with Crippen molar-refractivity contribution in [2.75, 3.05) is 39.6 Å². The fourth-order valence-corrected chi connectivity index (χ4v) is 10.2. The van der Waals surface area contributed by atoms with Crippen molar-refractivity contribution < 1.29 is 80.2 Å². The van der Waals surface area contributed by atoms with Crippen LogP contribution in [0.4, 0.5) is 0 Å². The molecule has 0 aromatic heterocycles. The summed E-state index contributed by atoms with van der Waals surface area (Å²) in [6, 6.07) is 0. The average Bonchev–Trinajstić information content (AvgIpc) is 3.40. The minimum atomic E-state index is -4.93. The molecule has 77 heavy (non-hydrogen) atoms. The normalized spacial score (nSPS) is 14.3. The second-order valence-electron chi connectivity index (χ2n) is 21.0. The molecule has 0 spiro atoms. The minimum Gasteiger partial charge on any atom is -0.462 e. The van der Waals surface area contributed by atoms with Crippen LogP contribution < -0.4 is 0 Å². The Morgan fingerprint density at radius 3 is 0.766 bits per heavy atom. The van der Waals surface area contributed by atoms with Crippen LogP contribution in [0.5, 0.6) is 0 Å². The third-order valence-corrected chi connectivity index (χ3v) is 15.3. The molecule has 456 valence electrons. The topological polar surface area (TPSA) is 237 Å². The zero-order chi connectivity index (χ0) is 56.9. The summed E-state index contributed by atoms with van der Waals surface area (Å²) in [5, 5.41) is 10.5. The average molecular weight is 1140 g/mol. The fraction of sp³-hybridized carbons (Fsp3) is 0.931. The molecular weight excluding hydrogens is 1030 g/mol. The lowest BCUT2D eigenvalue weighted by atomic mass is 10.0. The number of hydrogen-bond acceptors (Lipinski definition) is 15. The maximum absolute atomic E-state index is 12.9. The smallest absolute Gasteiger partial charge is 0.462 e. The molecule has 0 aliphatic rings. The van der Waals surface area contributed by atoms with Gasteiger partial charge in [0.15, 0.2) is 12.2 Å². The van der Waals surface area contributed by atoms with Gasteiger partial charge in [0, 0.05) is 25.7 Å². The third kappa shape index (κ3) is 53.2. The molecule has 5 atom stereocenters. The molecule has 0 heterocycles. The Kier molecular flexibility index (Phi) is 52.0. The van der Waals surface area contributed by atoms with Gasteiger partial charge in [-0.3, -0.25) is 37.3 Å². The molecule has 0 fully saturated rings. The number of carbonyl (C=O) groups is 4. The van der Waals surface area contributed by atoms with E-state index in [4.69, 9.17) is 37.0 Å². The van der Waals surface area contributed by atoms with Gasteiger partial charge in [-0.2, -0.15) is 0 Å². The predicted octanol–water partition coefficient (Wildman–Crippen LogP) is 15.6. The molecule has 0 bridgehead atoms. The van der Waals surface area contributed by atoms with E-state index in [0.29, 0.717) is 25.7 Å². The molecule has 0 aromatic rings. The van der Waals surface area contributed by atoms with Crippen molar-refractivity contribution in [2.45, 2.75) is 309 Å². The van der Waals surface area contributed by atoms with Crippen LogP contribution in [0.1, 0.15) is 291 Å². The second kappa shape index (κ2) is 53.4. The molecule has 19 heteroatoms. The quantitative estimate of drug-likeness (QED) is 0.0222. The monoisotopic (exact) mass is 1140 g/mol. The zero-order valence-corrected chi connectivity index (χ0v) is 50.7. The van der Waals surface area contributed by atoms with E-state index in [1.807, 2.05) is 0 Å². The van der Waals surface area contributed by atoms with Gasteiger partial charge in [-0.15, -0.1) is 0 Å². The fourth-order valence-electron chi connectivity index (χ4n) is 8.57. The van der Waals surface area contributed by atoms with Crippen molar-refractivity contribution >= 4 is 39.5 Å². The molecule has 0 saturated carbocycles. The maximum Gasteiger partial charge on any atom is 0.472 e. The summed E-state index contributed by atoms with van der Waals surface area (Å²) in [5.74, 6) is -2.15. The standard InChI is InChI=1S/C58H112O17P2/c1-5-9-13-17-20-23-25-26-27-30-31-35-39-43-56(61)69-49-54(75-57(62)44-40-36-32-28-22-19-15-11-7-3)51-73-77(66,67)71-47-52(59)46-70-76(64,65)72-50-53(48-68-55(60)42-38-34-16-12-8-4)74-58(63)45-41-37-33-29-24-21-18-14-10-6-2/h52-54,59H,5-51H2,1-4H3,(H,64,65)(H,66,67)/t52-,53+,54+/m0/s1. The number of unbranched alkanes of at least 4 members (excludes halogenated alkanes) is 33. The maximum atomic E-state index is 12.9. The zero-order valence-electron chi connectivity index (χ0n) is 48.9. The van der Waals surface area contributed by atoms with Gasteiger partial charge in [-0.25, -0.2) is 9.13 Å². The van der Waals surface area contributed by atoms with Gasteiger partial charge in [0.2, 0.25) is 0 Å². The Morgan fingerprint density at radius 2 is 0.519 bits per heavy atom. The van der Waals surface area contributed by atoms with Gasteiger partial charge in [-0.05, 0) is 25.7 Å². The van der Waals surface area contributed by atoms with E-state index in [1.54, 1.807) is 0 Å². The van der Waals surface area contributed by atoms with Crippen LogP contribution in [-0.2, 0) is 65.4 Å². The highest BCUT2D eigenvalue weighted by molar-refractivity contribution is 7.47. The number of phosphoric acid groups is 2. The van der Waals surface area contributed by atoms with Crippen molar-refractivity contribution in [1.29, 1.82) is 0 Å². The van der Waals surface area contributed by atoms with E-state index >= 15 is 0 Å². The number of esters is 4. The van der Waals surface area contributed by atoms with Gasteiger partial charge >= 0.3 is 39.5 Å². The highest BCUT2D eigenvalue weighted by atomic mass is 31.2. The van der Waals surface area contributed by atoms with Gasteiger partial charge < -0.3 is 33.8 Å². The summed E-state index contributed by atoms with van der Waals surface area (Å²) in [5.41, 5.74) is 0. The van der Waals surface area contributed by atoms with Crippen molar-refractivity contribution in [3.63, 3.8) is 0 Å². The lowest BCUT2D eigenvalue weighted by molar-refractivity contribution is -0.161. The van der Waals surface area contributed by atoms with Crippen LogP contribution in [0.2, 0.25) is 0 Å². The summed E-state index contributed by atoms with van der Waals surface area (Å²) in [7, 11) is -9.86. The highest BCUT2D eigenvalue weighted by Gasteiger charge is 2.30. The summed E-state index contributed by atoms with van der Waals surface area (Å²) in [6.07, 6.45) is 36.5. The molecule has 3 N–H and O–H groups in total. The first-order valence-corrected chi connectivity index (χ1v) is 33.8. The SMILES string of the molecule is CCCCCCCCCCCCCCCC(=O)OC[C@H](COP(=O)(O)OC[C@@H](O)COP(=O)(O)OC[C@@H](COC(=O)CCCCCCC)OC(=O)CCCCCCCCCCCC)OC(=O)CCCCCCCCCCC. The summed E-state index contributed by atoms with van der Waals surface area (Å²) in [4.78, 5) is 71.6. The largest absolute Gasteiger partial charge is 0.472 e. The molecule has 0 amide bonds. The van der Waals surface area contributed by atoms with Crippen molar-refractivity contribution in [2.24, 2.45) is 0 Å². The van der Waals surface area contributed by atoms with Crippen molar-refractivity contribution in [3.8, 4) is 0 Å². The number of hydrogen-bond donors (Lipinski definition) is 3. The molecule has 0 rings (SSSR count). The van der Waals surface area contributed by atoms with Gasteiger partial charge in [0.05, 0.1) is 26.4 Å². The Balaban J connectivity index is 5.15. The first-order chi connectivity index (χ1) is 37.2. The highest BCUT2D eigenvalue weighted by Crippen LogP contribution is 2.45. The summed E-state index contributed by atoms with van der Waals surface area (Å²) < 4.78 is 67.5. The molecular formula is C58H112O17P2. The first-order valence-electron chi connectivity index (χ1n) is 30.8. The molecule has 2 unspecified atom stereocenters. The van der Waals surface area contributed by atoms with Crippen LogP contribution in [0.3, 0.4) is 0 Å². The molecule has 0 aromatic carbocycles. The van der Waals surface area contributed by atoms with E-state index in [0.717, 1.165) is 96.3 Å². The predicted molar refractivity (Wildman–Crippen MR) is 303 cm³/mol. The number of ether oxygens (including phenoxy) is 4. The third-order valence-electron chi connectivity index (χ3n) is 13.4. The molecule has 17 nitrogen and oxygen atoms in total. The Hall–Kier alpha value is -1.94. The molecule has 0 aliphatic carbocycles. The van der Waals surface area contributed by atoms with Gasteiger partial charge in [0.25, 0.3) is 0 Å². The van der Waals surface area contributed by atoms with E-state index < -0.39 is 97.5 Å². The molecule has 0 saturated heterocycles. The van der Waals surface area contributed by atoms with Gasteiger partial charge in [0.1, 0.15) is 19.3 Å². The van der Waals surface area contributed by atoms with Crippen LogP contribution in [0, 0.1) is 0 Å². The number of aliphatic hydroxyl groups excluding tert-OH is 1. The molecule has 0 radical (unpaired) electrons. The van der Waals surface area contributed by atoms with E-state index in [9.17, 15) is 43.2 Å².